The Morgan fingerprint density at radius 3 is 3.14 bits per heavy atom. The number of carbonyl (C=O) groups excluding carboxylic acids is 1. The minimum Gasteiger partial charge on any atom is -0.303 e. The van der Waals surface area contributed by atoms with Crippen LogP contribution in [0.2, 0.25) is 0 Å². The summed E-state index contributed by atoms with van der Waals surface area (Å²) >= 11 is 1.89. The number of nitrogens with zero attached hydrogens (tertiary/aromatic N) is 1. The van der Waals surface area contributed by atoms with Crippen LogP contribution in [-0.4, -0.2) is 21.9 Å². The molecule has 2 aliphatic heterocycles. The predicted octanol–water partition coefficient (Wildman–Crippen LogP) is 2.76. The van der Waals surface area contributed by atoms with Crippen LogP contribution in [0.5, 0.6) is 0 Å². The molecule has 0 spiro atoms. The summed E-state index contributed by atoms with van der Waals surface area (Å²) in [5.74, 6) is 1.42. The highest BCUT2D eigenvalue weighted by Crippen LogP contribution is 2.38. The second kappa shape index (κ2) is 4.39. The summed E-state index contributed by atoms with van der Waals surface area (Å²) in [5.41, 5.74) is 1.29. The average molecular weight is 211 g/mol. The lowest BCUT2D eigenvalue weighted by Crippen LogP contribution is -2.51. The van der Waals surface area contributed by atoms with Crippen molar-refractivity contribution in [3.8, 4) is 0 Å². The van der Waals surface area contributed by atoms with Crippen LogP contribution in [0.15, 0.2) is 11.8 Å². The van der Waals surface area contributed by atoms with Gasteiger partial charge in [0, 0.05) is 11.4 Å². The molecule has 2 heterocycles. The van der Waals surface area contributed by atoms with Crippen molar-refractivity contribution >= 4 is 17.7 Å². The summed E-state index contributed by atoms with van der Waals surface area (Å²) in [7, 11) is 0. The Kier molecular flexibility index (Phi) is 3.16. The van der Waals surface area contributed by atoms with Crippen molar-refractivity contribution in [3.05, 3.63) is 11.8 Å². The Morgan fingerprint density at radius 2 is 2.43 bits per heavy atom. The van der Waals surface area contributed by atoms with Crippen LogP contribution in [-0.2, 0) is 4.79 Å². The molecule has 1 atom stereocenters. The second-order valence-electron chi connectivity index (χ2n) is 3.91. The van der Waals surface area contributed by atoms with Gasteiger partial charge in [-0.3, -0.25) is 4.79 Å². The van der Waals surface area contributed by atoms with E-state index >= 15 is 0 Å². The van der Waals surface area contributed by atoms with Gasteiger partial charge in [0.15, 0.2) is 0 Å². The Bertz CT molecular complexity index is 262. The number of rotatable bonds is 4. The van der Waals surface area contributed by atoms with Gasteiger partial charge in [-0.15, -0.1) is 11.8 Å². The molecule has 0 aromatic rings. The first kappa shape index (κ1) is 10.1. The monoisotopic (exact) mass is 211 g/mol. The van der Waals surface area contributed by atoms with Gasteiger partial charge in [-0.25, -0.2) is 0 Å². The van der Waals surface area contributed by atoms with Gasteiger partial charge >= 0.3 is 0 Å². The largest absolute Gasteiger partial charge is 0.303 e. The number of hydrogen-bond donors (Lipinski definition) is 0. The quantitative estimate of drug-likeness (QED) is 0.526. The van der Waals surface area contributed by atoms with Gasteiger partial charge in [0.25, 0.3) is 0 Å². The summed E-state index contributed by atoms with van der Waals surface area (Å²) in [5, 5.41) is 0.476. The molecule has 1 amide bonds. The Labute approximate surface area is 89.7 Å². The van der Waals surface area contributed by atoms with E-state index in [1.807, 2.05) is 16.7 Å². The summed E-state index contributed by atoms with van der Waals surface area (Å²) in [6.07, 6.45) is 7.83. The molecule has 2 rings (SSSR count). The molecule has 2 aliphatic rings. The van der Waals surface area contributed by atoms with Crippen molar-refractivity contribution in [1.29, 1.82) is 0 Å². The highest BCUT2D eigenvalue weighted by Gasteiger charge is 2.39. The molecule has 3 heteroatoms. The Hall–Kier alpha value is -0.440. The highest BCUT2D eigenvalue weighted by atomic mass is 32.2. The summed E-state index contributed by atoms with van der Waals surface area (Å²) < 4.78 is 0. The molecule has 1 saturated heterocycles. The third kappa shape index (κ3) is 1.83. The van der Waals surface area contributed by atoms with Crippen LogP contribution in [0.3, 0.4) is 0 Å². The first-order chi connectivity index (χ1) is 6.83. The van der Waals surface area contributed by atoms with Crippen molar-refractivity contribution in [1.82, 2.24) is 4.90 Å². The molecular formula is C11H17NOS. The Morgan fingerprint density at radius 1 is 1.57 bits per heavy atom. The number of carbonyl (C=O) groups is 1. The number of hydrogen-bond acceptors (Lipinski definition) is 2. The molecule has 0 saturated carbocycles. The maximum Gasteiger partial charge on any atom is 0.230 e. The fraction of sp³-hybridized carbons (Fsp3) is 0.727. The lowest BCUT2D eigenvalue weighted by Gasteiger charge is -2.44. The van der Waals surface area contributed by atoms with E-state index in [9.17, 15) is 4.79 Å². The van der Waals surface area contributed by atoms with E-state index in [1.54, 1.807) is 0 Å². The predicted molar refractivity (Wildman–Crippen MR) is 59.9 cm³/mol. The summed E-state index contributed by atoms with van der Waals surface area (Å²) in [6.45, 7) is 2.21. The molecule has 2 nitrogen and oxygen atoms in total. The molecule has 78 valence electrons. The molecule has 0 aliphatic carbocycles. The number of fused-ring (bicyclic) bond motifs is 1. The zero-order valence-corrected chi connectivity index (χ0v) is 9.48. The smallest absolute Gasteiger partial charge is 0.230 e. The molecular weight excluding hydrogens is 194 g/mol. The van der Waals surface area contributed by atoms with Gasteiger partial charge in [-0.2, -0.15) is 0 Å². The second-order valence-corrected chi connectivity index (χ2v) is 5.12. The normalized spacial score (nSPS) is 25.5. The lowest BCUT2D eigenvalue weighted by atomic mass is 10.1. The average Bonchev–Trinajstić information content (AvgIpc) is 2.16. The summed E-state index contributed by atoms with van der Waals surface area (Å²) in [6, 6.07) is 0. The zero-order chi connectivity index (χ0) is 9.97. The number of thioether (sulfide) groups is 1. The van der Waals surface area contributed by atoms with Crippen LogP contribution in [0.4, 0.5) is 0 Å². The van der Waals surface area contributed by atoms with Crippen LogP contribution in [0.1, 0.15) is 39.0 Å². The van der Waals surface area contributed by atoms with Crippen molar-refractivity contribution in [3.63, 3.8) is 0 Å². The van der Waals surface area contributed by atoms with Crippen molar-refractivity contribution < 1.29 is 4.79 Å². The SMILES string of the molecule is CCCCCC1=CCS[C@H]2CC(=O)N12. The van der Waals surface area contributed by atoms with Crippen molar-refractivity contribution in [2.75, 3.05) is 5.75 Å². The van der Waals surface area contributed by atoms with E-state index in [4.69, 9.17) is 0 Å². The first-order valence-corrected chi connectivity index (χ1v) is 6.50. The molecule has 0 bridgehead atoms. The van der Waals surface area contributed by atoms with Crippen LogP contribution in [0, 0.1) is 0 Å². The first-order valence-electron chi connectivity index (χ1n) is 5.45. The fourth-order valence-electron chi connectivity index (χ4n) is 2.00. The number of allylic oxidation sites excluding steroid dienone is 1. The topological polar surface area (TPSA) is 20.3 Å². The number of unbranched alkanes of at least 4 members (excludes halogenated alkanes) is 2. The molecule has 0 aromatic heterocycles. The highest BCUT2D eigenvalue weighted by molar-refractivity contribution is 8.00. The van der Waals surface area contributed by atoms with Crippen LogP contribution >= 0.6 is 11.8 Å². The third-order valence-corrected chi connectivity index (χ3v) is 3.98. The van der Waals surface area contributed by atoms with Crippen LogP contribution in [0.25, 0.3) is 0 Å². The molecule has 14 heavy (non-hydrogen) atoms. The van der Waals surface area contributed by atoms with E-state index in [-0.39, 0.29) is 0 Å². The molecule has 0 radical (unpaired) electrons. The van der Waals surface area contributed by atoms with Gasteiger partial charge in [0.1, 0.15) is 0 Å². The standard InChI is InChI=1S/C11H17NOS/c1-2-3-4-5-9-6-7-14-11-8-10(13)12(9)11/h6,11H,2-5,7-8H2,1H3/t11-/m0/s1. The van der Waals surface area contributed by atoms with Gasteiger partial charge in [-0.1, -0.05) is 25.8 Å². The maximum absolute atomic E-state index is 11.4. The lowest BCUT2D eigenvalue weighted by molar-refractivity contribution is -0.138. The van der Waals surface area contributed by atoms with Gasteiger partial charge < -0.3 is 4.90 Å². The van der Waals surface area contributed by atoms with Gasteiger partial charge in [0.2, 0.25) is 5.91 Å². The van der Waals surface area contributed by atoms with E-state index in [1.165, 1.54) is 25.0 Å². The Balaban J connectivity index is 1.89. The third-order valence-electron chi connectivity index (χ3n) is 2.86. The fourth-order valence-corrected chi connectivity index (χ4v) is 3.17. The minimum absolute atomic E-state index is 0.324. The van der Waals surface area contributed by atoms with E-state index in [0.717, 1.165) is 18.6 Å². The van der Waals surface area contributed by atoms with Crippen molar-refractivity contribution in [2.45, 2.75) is 44.4 Å². The van der Waals surface area contributed by atoms with E-state index < -0.39 is 0 Å². The van der Waals surface area contributed by atoms with E-state index in [0.29, 0.717) is 11.3 Å². The van der Waals surface area contributed by atoms with Crippen LogP contribution < -0.4 is 0 Å². The number of β-lactam (4-membered cyclic amide) rings is 1. The molecule has 0 aromatic carbocycles. The zero-order valence-electron chi connectivity index (χ0n) is 8.66. The van der Waals surface area contributed by atoms with Crippen molar-refractivity contribution in [2.24, 2.45) is 0 Å². The molecule has 1 fully saturated rings. The molecule has 0 unspecified atom stereocenters. The maximum atomic E-state index is 11.4. The van der Waals surface area contributed by atoms with Gasteiger partial charge in [-0.05, 0) is 12.8 Å². The van der Waals surface area contributed by atoms with Gasteiger partial charge in [0.05, 0.1) is 11.8 Å². The molecule has 0 N–H and O–H groups in total. The van der Waals surface area contributed by atoms with E-state index in [2.05, 4.69) is 13.0 Å². The summed E-state index contributed by atoms with van der Waals surface area (Å²) in [4.78, 5) is 13.4. The number of amides is 1. The minimum atomic E-state index is 0.324.